The lowest BCUT2D eigenvalue weighted by atomic mass is 10.2. The smallest absolute Gasteiger partial charge is 0.271 e. The van der Waals surface area contributed by atoms with Crippen molar-refractivity contribution in [3.05, 3.63) is 82.4 Å². The number of nitrogens with zero attached hydrogens (tertiary/aromatic N) is 2. The Labute approximate surface area is 188 Å². The second kappa shape index (κ2) is 10.9. The first-order chi connectivity index (χ1) is 14.9. The van der Waals surface area contributed by atoms with E-state index in [1.807, 2.05) is 31.2 Å². The molecule has 2 aromatic carbocycles. The van der Waals surface area contributed by atoms with E-state index in [-0.39, 0.29) is 29.4 Å². The standard InChI is InChI=1S/C22H20ClFN4O2S/c1-14-6-8-15(9-7-14)13-31-22-26-12-16(23)20(28-22)21(30)25-11-10-19(29)27-18-5-3-2-4-17(18)24/h2-9,12H,10-11,13H2,1H3,(H,25,30)(H,27,29). The lowest BCUT2D eigenvalue weighted by Gasteiger charge is -2.09. The predicted octanol–water partition coefficient (Wildman–Crippen LogP) is 4.63. The molecule has 0 radical (unpaired) electrons. The number of halogens is 2. The Kier molecular flexibility index (Phi) is 7.97. The van der Waals surface area contributed by atoms with E-state index in [1.54, 1.807) is 6.07 Å². The molecule has 3 rings (SSSR count). The third kappa shape index (κ3) is 6.77. The van der Waals surface area contributed by atoms with Gasteiger partial charge in [-0.1, -0.05) is 65.3 Å². The van der Waals surface area contributed by atoms with E-state index < -0.39 is 17.6 Å². The number of hydrogen-bond acceptors (Lipinski definition) is 5. The first-order valence-corrected chi connectivity index (χ1v) is 10.8. The maximum Gasteiger partial charge on any atom is 0.271 e. The summed E-state index contributed by atoms with van der Waals surface area (Å²) >= 11 is 7.47. The Morgan fingerprint density at radius 1 is 1.13 bits per heavy atom. The van der Waals surface area contributed by atoms with Crippen LogP contribution in [0.5, 0.6) is 0 Å². The van der Waals surface area contributed by atoms with Gasteiger partial charge >= 0.3 is 0 Å². The molecule has 0 aliphatic heterocycles. The Hall–Kier alpha value is -2.97. The van der Waals surface area contributed by atoms with Crippen LogP contribution in [0.25, 0.3) is 0 Å². The van der Waals surface area contributed by atoms with Gasteiger partial charge in [-0.2, -0.15) is 0 Å². The van der Waals surface area contributed by atoms with Gasteiger partial charge in [-0.3, -0.25) is 9.59 Å². The van der Waals surface area contributed by atoms with Crippen LogP contribution < -0.4 is 10.6 Å². The summed E-state index contributed by atoms with van der Waals surface area (Å²) < 4.78 is 13.6. The number of amides is 2. The molecule has 3 aromatic rings. The molecule has 0 aliphatic rings. The fourth-order valence-electron chi connectivity index (χ4n) is 2.56. The molecule has 0 atom stereocenters. The second-order valence-electron chi connectivity index (χ2n) is 6.66. The molecule has 0 unspecified atom stereocenters. The van der Waals surface area contributed by atoms with Crippen LogP contribution in [0.3, 0.4) is 0 Å². The molecule has 0 fully saturated rings. The van der Waals surface area contributed by atoms with Gasteiger partial charge < -0.3 is 10.6 Å². The topological polar surface area (TPSA) is 84.0 Å². The summed E-state index contributed by atoms with van der Waals surface area (Å²) in [6, 6.07) is 14.0. The van der Waals surface area contributed by atoms with E-state index >= 15 is 0 Å². The molecule has 0 spiro atoms. The second-order valence-corrected chi connectivity index (χ2v) is 8.01. The molecule has 31 heavy (non-hydrogen) atoms. The predicted molar refractivity (Wildman–Crippen MR) is 120 cm³/mol. The summed E-state index contributed by atoms with van der Waals surface area (Å²) in [4.78, 5) is 32.8. The van der Waals surface area contributed by atoms with Gasteiger partial charge in [-0.15, -0.1) is 0 Å². The van der Waals surface area contributed by atoms with Gasteiger partial charge in [0, 0.05) is 18.7 Å². The largest absolute Gasteiger partial charge is 0.350 e. The normalized spacial score (nSPS) is 10.5. The minimum Gasteiger partial charge on any atom is -0.350 e. The molecular formula is C22H20ClFN4O2S. The molecule has 9 heteroatoms. The number of hydrogen-bond donors (Lipinski definition) is 2. The zero-order chi connectivity index (χ0) is 22.2. The number of nitrogens with one attached hydrogen (secondary N) is 2. The summed E-state index contributed by atoms with van der Waals surface area (Å²) in [6.07, 6.45) is 1.35. The van der Waals surface area contributed by atoms with Gasteiger partial charge in [0.05, 0.1) is 16.9 Å². The van der Waals surface area contributed by atoms with E-state index in [4.69, 9.17) is 11.6 Å². The highest BCUT2D eigenvalue weighted by Gasteiger charge is 2.15. The summed E-state index contributed by atoms with van der Waals surface area (Å²) in [5, 5.41) is 5.60. The van der Waals surface area contributed by atoms with Crippen molar-refractivity contribution in [2.24, 2.45) is 0 Å². The third-order valence-corrected chi connectivity index (χ3v) is 5.42. The van der Waals surface area contributed by atoms with E-state index in [1.165, 1.54) is 41.7 Å². The van der Waals surface area contributed by atoms with Crippen LogP contribution in [0, 0.1) is 12.7 Å². The fraction of sp³-hybridized carbons (Fsp3) is 0.182. The monoisotopic (exact) mass is 458 g/mol. The van der Waals surface area contributed by atoms with Crippen LogP contribution in [-0.4, -0.2) is 28.3 Å². The van der Waals surface area contributed by atoms with Crippen molar-refractivity contribution in [3.8, 4) is 0 Å². The first-order valence-electron chi connectivity index (χ1n) is 9.46. The van der Waals surface area contributed by atoms with Crippen LogP contribution in [-0.2, 0) is 10.5 Å². The summed E-state index contributed by atoms with van der Waals surface area (Å²) in [5.74, 6) is -0.806. The summed E-state index contributed by atoms with van der Waals surface area (Å²) in [6.45, 7) is 2.07. The van der Waals surface area contributed by atoms with E-state index in [2.05, 4.69) is 20.6 Å². The Morgan fingerprint density at radius 3 is 2.61 bits per heavy atom. The maximum absolute atomic E-state index is 13.6. The molecule has 0 aliphatic carbocycles. The zero-order valence-electron chi connectivity index (χ0n) is 16.7. The molecule has 1 heterocycles. The van der Waals surface area contributed by atoms with E-state index in [0.717, 1.165) is 5.56 Å². The molecule has 160 valence electrons. The van der Waals surface area contributed by atoms with Crippen LogP contribution >= 0.6 is 23.4 Å². The van der Waals surface area contributed by atoms with Gasteiger partial charge in [0.1, 0.15) is 5.82 Å². The molecule has 0 saturated carbocycles. The van der Waals surface area contributed by atoms with Gasteiger partial charge in [-0.25, -0.2) is 14.4 Å². The van der Waals surface area contributed by atoms with Crippen molar-refractivity contribution in [2.45, 2.75) is 24.3 Å². The van der Waals surface area contributed by atoms with Crippen molar-refractivity contribution in [1.82, 2.24) is 15.3 Å². The molecule has 1 aromatic heterocycles. The Morgan fingerprint density at radius 2 is 1.87 bits per heavy atom. The molecule has 2 amide bonds. The van der Waals surface area contributed by atoms with E-state index in [0.29, 0.717) is 10.9 Å². The average Bonchev–Trinajstić information content (AvgIpc) is 2.76. The average molecular weight is 459 g/mol. The van der Waals surface area contributed by atoms with Crippen LogP contribution in [0.15, 0.2) is 59.9 Å². The summed E-state index contributed by atoms with van der Waals surface area (Å²) in [7, 11) is 0. The zero-order valence-corrected chi connectivity index (χ0v) is 18.3. The molecule has 0 saturated heterocycles. The number of carbonyl (C=O) groups is 2. The number of aryl methyl sites for hydroxylation is 1. The van der Waals surface area contributed by atoms with Crippen molar-refractivity contribution in [1.29, 1.82) is 0 Å². The van der Waals surface area contributed by atoms with Crippen molar-refractivity contribution >= 4 is 40.9 Å². The number of para-hydroxylation sites is 1. The molecular weight excluding hydrogens is 439 g/mol. The third-order valence-electron chi connectivity index (χ3n) is 4.21. The number of aromatic nitrogens is 2. The SMILES string of the molecule is Cc1ccc(CSc2ncc(Cl)c(C(=O)NCCC(=O)Nc3ccccc3F)n2)cc1. The van der Waals surface area contributed by atoms with Gasteiger partial charge in [0.2, 0.25) is 5.91 Å². The van der Waals surface area contributed by atoms with Gasteiger partial charge in [0.25, 0.3) is 5.91 Å². The molecule has 6 nitrogen and oxygen atoms in total. The summed E-state index contributed by atoms with van der Waals surface area (Å²) in [5.41, 5.74) is 2.42. The lowest BCUT2D eigenvalue weighted by Crippen LogP contribution is -2.28. The highest BCUT2D eigenvalue weighted by Crippen LogP contribution is 2.22. The highest BCUT2D eigenvalue weighted by atomic mass is 35.5. The minimum atomic E-state index is -0.525. The number of anilines is 1. The number of rotatable bonds is 8. The molecule has 2 N–H and O–H groups in total. The van der Waals surface area contributed by atoms with Crippen molar-refractivity contribution in [2.75, 3.05) is 11.9 Å². The number of benzene rings is 2. The highest BCUT2D eigenvalue weighted by molar-refractivity contribution is 7.98. The molecule has 0 bridgehead atoms. The van der Waals surface area contributed by atoms with Crippen molar-refractivity contribution in [3.63, 3.8) is 0 Å². The van der Waals surface area contributed by atoms with Crippen LogP contribution in [0.2, 0.25) is 5.02 Å². The minimum absolute atomic E-state index is 0.0300. The first kappa shape index (κ1) is 22.7. The van der Waals surface area contributed by atoms with Crippen LogP contribution in [0.1, 0.15) is 28.0 Å². The Bertz CT molecular complexity index is 1080. The number of carbonyl (C=O) groups excluding carboxylic acids is 2. The Balaban J connectivity index is 1.52. The fourth-order valence-corrected chi connectivity index (χ4v) is 3.51. The lowest BCUT2D eigenvalue weighted by molar-refractivity contribution is -0.116. The van der Waals surface area contributed by atoms with Crippen molar-refractivity contribution < 1.29 is 14.0 Å². The quantitative estimate of drug-likeness (QED) is 0.380. The maximum atomic E-state index is 13.6. The number of thioether (sulfide) groups is 1. The van der Waals surface area contributed by atoms with E-state index in [9.17, 15) is 14.0 Å². The van der Waals surface area contributed by atoms with Gasteiger partial charge in [-0.05, 0) is 24.6 Å². The van der Waals surface area contributed by atoms with Gasteiger partial charge in [0.15, 0.2) is 10.9 Å². The van der Waals surface area contributed by atoms with Crippen LogP contribution in [0.4, 0.5) is 10.1 Å².